The summed E-state index contributed by atoms with van der Waals surface area (Å²) in [5, 5.41) is 3.50. The molecular formula is C16H17Br2FN2. The van der Waals surface area contributed by atoms with Crippen molar-refractivity contribution < 1.29 is 4.39 Å². The van der Waals surface area contributed by atoms with Crippen LogP contribution in [0.25, 0.3) is 0 Å². The molecule has 0 saturated heterocycles. The number of rotatable bonds is 6. The van der Waals surface area contributed by atoms with Crippen molar-refractivity contribution in [2.75, 3.05) is 6.54 Å². The van der Waals surface area contributed by atoms with Crippen molar-refractivity contribution in [3.63, 3.8) is 0 Å². The van der Waals surface area contributed by atoms with E-state index in [2.05, 4.69) is 55.2 Å². The predicted octanol–water partition coefficient (Wildman–Crippen LogP) is 5.03. The number of nitrogens with one attached hydrogen (secondary N) is 1. The van der Waals surface area contributed by atoms with Gasteiger partial charge in [-0.05, 0) is 70.7 Å². The van der Waals surface area contributed by atoms with Gasteiger partial charge in [0.25, 0.3) is 0 Å². The highest BCUT2D eigenvalue weighted by molar-refractivity contribution is 9.10. The fourth-order valence-corrected chi connectivity index (χ4v) is 3.11. The van der Waals surface area contributed by atoms with Crippen molar-refractivity contribution in [2.24, 2.45) is 0 Å². The number of pyridine rings is 1. The molecule has 0 saturated carbocycles. The lowest BCUT2D eigenvalue weighted by Crippen LogP contribution is -2.24. The molecule has 0 aliphatic rings. The maximum atomic E-state index is 13.5. The largest absolute Gasteiger partial charge is 0.310 e. The van der Waals surface area contributed by atoms with E-state index in [1.54, 1.807) is 12.3 Å². The number of hydrogen-bond acceptors (Lipinski definition) is 2. The van der Waals surface area contributed by atoms with E-state index in [1.807, 2.05) is 12.3 Å². The number of benzene rings is 1. The third kappa shape index (κ3) is 5.16. The smallest absolute Gasteiger partial charge is 0.124 e. The third-order valence-corrected chi connectivity index (χ3v) is 4.02. The quantitative estimate of drug-likeness (QED) is 0.715. The van der Waals surface area contributed by atoms with Crippen LogP contribution in [0.1, 0.15) is 30.5 Å². The fraction of sp³-hybridized carbons (Fsp3) is 0.312. The standard InChI is InChI=1S/C16H17Br2FN2/c1-2-3-21-16(12-7-14(18)10-20-9-12)6-11-4-13(17)8-15(19)5-11/h4-5,7-10,16,21H,2-3,6H2,1H3. The zero-order valence-electron chi connectivity index (χ0n) is 11.7. The summed E-state index contributed by atoms with van der Waals surface area (Å²) in [5.41, 5.74) is 2.05. The molecule has 21 heavy (non-hydrogen) atoms. The maximum Gasteiger partial charge on any atom is 0.124 e. The van der Waals surface area contributed by atoms with E-state index in [0.29, 0.717) is 6.42 Å². The summed E-state index contributed by atoms with van der Waals surface area (Å²) >= 11 is 6.79. The molecule has 1 atom stereocenters. The topological polar surface area (TPSA) is 24.9 Å². The summed E-state index contributed by atoms with van der Waals surface area (Å²) in [4.78, 5) is 4.22. The Balaban J connectivity index is 2.23. The average molecular weight is 416 g/mol. The first kappa shape index (κ1) is 16.6. The van der Waals surface area contributed by atoms with Crippen LogP contribution in [0.15, 0.2) is 45.6 Å². The van der Waals surface area contributed by atoms with Gasteiger partial charge in [-0.2, -0.15) is 0 Å². The van der Waals surface area contributed by atoms with E-state index in [-0.39, 0.29) is 11.9 Å². The Hall–Kier alpha value is -0.780. The Morgan fingerprint density at radius 1 is 1.14 bits per heavy atom. The highest BCUT2D eigenvalue weighted by Gasteiger charge is 2.13. The Bertz CT molecular complexity index is 584. The van der Waals surface area contributed by atoms with Gasteiger partial charge in [0, 0.05) is 27.4 Å². The van der Waals surface area contributed by atoms with Crippen LogP contribution in [-0.2, 0) is 6.42 Å². The van der Waals surface area contributed by atoms with Crippen LogP contribution in [0.4, 0.5) is 4.39 Å². The molecule has 0 fully saturated rings. The molecule has 2 aromatic rings. The molecule has 0 radical (unpaired) electrons. The molecule has 0 bridgehead atoms. The van der Waals surface area contributed by atoms with Gasteiger partial charge < -0.3 is 5.32 Å². The summed E-state index contributed by atoms with van der Waals surface area (Å²) in [5.74, 6) is -0.221. The van der Waals surface area contributed by atoms with Crippen LogP contribution >= 0.6 is 31.9 Å². The van der Waals surface area contributed by atoms with Gasteiger partial charge in [-0.1, -0.05) is 22.9 Å². The van der Waals surface area contributed by atoms with Crippen molar-refractivity contribution in [1.29, 1.82) is 0 Å². The fourth-order valence-electron chi connectivity index (χ4n) is 2.21. The zero-order valence-corrected chi connectivity index (χ0v) is 14.9. The lowest BCUT2D eigenvalue weighted by atomic mass is 10.00. The highest BCUT2D eigenvalue weighted by atomic mass is 79.9. The minimum absolute atomic E-state index is 0.114. The number of halogens is 3. The van der Waals surface area contributed by atoms with Gasteiger partial charge in [0.05, 0.1) is 0 Å². The summed E-state index contributed by atoms with van der Waals surface area (Å²) in [6.45, 7) is 3.04. The van der Waals surface area contributed by atoms with E-state index < -0.39 is 0 Å². The van der Waals surface area contributed by atoms with Gasteiger partial charge in [0.2, 0.25) is 0 Å². The minimum Gasteiger partial charge on any atom is -0.310 e. The summed E-state index contributed by atoms with van der Waals surface area (Å²) in [7, 11) is 0. The van der Waals surface area contributed by atoms with E-state index in [1.165, 1.54) is 6.07 Å². The van der Waals surface area contributed by atoms with Gasteiger partial charge in [-0.3, -0.25) is 4.98 Å². The lowest BCUT2D eigenvalue weighted by Gasteiger charge is -2.19. The zero-order chi connectivity index (χ0) is 15.2. The molecule has 0 amide bonds. The van der Waals surface area contributed by atoms with E-state index in [9.17, 15) is 4.39 Å². The molecule has 112 valence electrons. The first-order valence-corrected chi connectivity index (χ1v) is 8.46. The average Bonchev–Trinajstić information content (AvgIpc) is 2.42. The molecule has 0 aliphatic carbocycles. The maximum absolute atomic E-state index is 13.5. The summed E-state index contributed by atoms with van der Waals surface area (Å²) in [6.07, 6.45) is 5.38. The van der Waals surface area contributed by atoms with Gasteiger partial charge in [-0.15, -0.1) is 0 Å². The summed E-state index contributed by atoms with van der Waals surface area (Å²) < 4.78 is 15.2. The number of aromatic nitrogens is 1. The monoisotopic (exact) mass is 414 g/mol. The van der Waals surface area contributed by atoms with Crippen molar-refractivity contribution >= 4 is 31.9 Å². The molecule has 1 unspecified atom stereocenters. The number of hydrogen-bond donors (Lipinski definition) is 1. The summed E-state index contributed by atoms with van der Waals surface area (Å²) in [6, 6.07) is 7.17. The molecule has 1 aromatic carbocycles. The van der Waals surface area contributed by atoms with Crippen LogP contribution in [0.5, 0.6) is 0 Å². The highest BCUT2D eigenvalue weighted by Crippen LogP contribution is 2.23. The van der Waals surface area contributed by atoms with Crippen LogP contribution in [0.2, 0.25) is 0 Å². The Morgan fingerprint density at radius 3 is 2.62 bits per heavy atom. The van der Waals surface area contributed by atoms with Crippen molar-refractivity contribution in [3.8, 4) is 0 Å². The first-order chi connectivity index (χ1) is 10.1. The van der Waals surface area contributed by atoms with Gasteiger partial charge >= 0.3 is 0 Å². The lowest BCUT2D eigenvalue weighted by molar-refractivity contribution is 0.525. The van der Waals surface area contributed by atoms with Crippen molar-refractivity contribution in [1.82, 2.24) is 10.3 Å². The molecule has 2 rings (SSSR count). The molecule has 0 aliphatic heterocycles. The van der Waals surface area contributed by atoms with Crippen LogP contribution in [-0.4, -0.2) is 11.5 Å². The Labute approximate surface area is 141 Å². The Morgan fingerprint density at radius 2 is 1.95 bits per heavy atom. The third-order valence-electron chi connectivity index (χ3n) is 3.13. The molecule has 5 heteroatoms. The molecule has 2 nitrogen and oxygen atoms in total. The van der Waals surface area contributed by atoms with E-state index in [4.69, 9.17) is 0 Å². The van der Waals surface area contributed by atoms with Gasteiger partial charge in [-0.25, -0.2) is 4.39 Å². The molecule has 1 N–H and O–H groups in total. The Kier molecular flexibility index (Phi) is 6.33. The SMILES string of the molecule is CCCNC(Cc1cc(F)cc(Br)c1)c1cncc(Br)c1. The van der Waals surface area contributed by atoms with Crippen molar-refractivity contribution in [3.05, 3.63) is 62.5 Å². The molecule has 1 aromatic heterocycles. The van der Waals surface area contributed by atoms with Crippen LogP contribution < -0.4 is 5.32 Å². The minimum atomic E-state index is -0.221. The van der Waals surface area contributed by atoms with Gasteiger partial charge in [0.15, 0.2) is 0 Å². The normalized spacial score (nSPS) is 12.4. The van der Waals surface area contributed by atoms with E-state index >= 15 is 0 Å². The predicted molar refractivity (Wildman–Crippen MR) is 90.8 cm³/mol. The van der Waals surface area contributed by atoms with Crippen LogP contribution in [0, 0.1) is 5.82 Å². The van der Waals surface area contributed by atoms with Crippen molar-refractivity contribution in [2.45, 2.75) is 25.8 Å². The van der Waals surface area contributed by atoms with Gasteiger partial charge in [0.1, 0.15) is 5.82 Å². The second kappa shape index (κ2) is 8.01. The van der Waals surface area contributed by atoms with Crippen LogP contribution in [0.3, 0.4) is 0 Å². The second-order valence-electron chi connectivity index (χ2n) is 4.93. The molecular weight excluding hydrogens is 399 g/mol. The second-order valence-corrected chi connectivity index (χ2v) is 6.76. The molecule has 1 heterocycles. The first-order valence-electron chi connectivity index (χ1n) is 6.87. The van der Waals surface area contributed by atoms with E-state index in [0.717, 1.165) is 33.0 Å². The molecule has 0 spiro atoms. The number of nitrogens with zero attached hydrogens (tertiary/aromatic N) is 1.